The third-order valence-electron chi connectivity index (χ3n) is 4.76. The predicted octanol–water partition coefficient (Wildman–Crippen LogP) is 3.83. The van der Waals surface area contributed by atoms with Gasteiger partial charge in [0.15, 0.2) is 12.4 Å². The summed E-state index contributed by atoms with van der Waals surface area (Å²) in [6.07, 6.45) is 1.65. The van der Waals surface area contributed by atoms with E-state index >= 15 is 0 Å². The summed E-state index contributed by atoms with van der Waals surface area (Å²) in [6, 6.07) is 15.1. The average Bonchev–Trinajstić information content (AvgIpc) is 3.42. The fourth-order valence-electron chi connectivity index (χ4n) is 3.29. The number of urea groups is 1. The van der Waals surface area contributed by atoms with E-state index in [0.29, 0.717) is 30.6 Å². The molecular formula is C21H21FN4O3. The first-order valence-electron chi connectivity index (χ1n) is 9.48. The molecule has 2 amide bonds. The SMILES string of the molecule is O=C(NCc1ccccc1)N1CCCC1c1noc(COc2ccc(F)cc2)n1. The number of amides is 2. The lowest BCUT2D eigenvalue weighted by Gasteiger charge is -2.22. The van der Waals surface area contributed by atoms with Gasteiger partial charge in [-0.15, -0.1) is 0 Å². The Hall–Kier alpha value is -3.42. The van der Waals surface area contributed by atoms with Gasteiger partial charge in [-0.3, -0.25) is 0 Å². The molecule has 1 fully saturated rings. The second-order valence-electron chi connectivity index (χ2n) is 6.78. The van der Waals surface area contributed by atoms with Crippen LogP contribution in [-0.2, 0) is 13.2 Å². The number of benzene rings is 2. The second kappa shape index (κ2) is 8.72. The highest BCUT2D eigenvalue weighted by molar-refractivity contribution is 5.75. The van der Waals surface area contributed by atoms with Crippen LogP contribution in [0.5, 0.6) is 5.75 Å². The lowest BCUT2D eigenvalue weighted by Crippen LogP contribution is -2.39. The first-order chi connectivity index (χ1) is 14.2. The van der Waals surface area contributed by atoms with Crippen molar-refractivity contribution in [3.8, 4) is 5.75 Å². The number of hydrogen-bond donors (Lipinski definition) is 1. The molecule has 4 rings (SSSR count). The van der Waals surface area contributed by atoms with Crippen LogP contribution in [0, 0.1) is 5.82 Å². The number of ether oxygens (including phenoxy) is 1. The Balaban J connectivity index is 1.34. The topological polar surface area (TPSA) is 80.5 Å². The molecule has 1 unspecified atom stereocenters. The van der Waals surface area contributed by atoms with Gasteiger partial charge < -0.3 is 19.5 Å². The van der Waals surface area contributed by atoms with Gasteiger partial charge >= 0.3 is 6.03 Å². The van der Waals surface area contributed by atoms with Crippen molar-refractivity contribution >= 4 is 6.03 Å². The zero-order chi connectivity index (χ0) is 20.1. The molecule has 1 aliphatic rings. The van der Waals surface area contributed by atoms with E-state index in [9.17, 15) is 9.18 Å². The molecule has 1 N–H and O–H groups in total. The molecule has 0 saturated carbocycles. The molecule has 1 saturated heterocycles. The predicted molar refractivity (Wildman–Crippen MR) is 102 cm³/mol. The molecule has 0 aliphatic carbocycles. The van der Waals surface area contributed by atoms with E-state index in [1.165, 1.54) is 24.3 Å². The van der Waals surface area contributed by atoms with Gasteiger partial charge in [-0.05, 0) is 42.7 Å². The zero-order valence-corrected chi connectivity index (χ0v) is 15.8. The summed E-state index contributed by atoms with van der Waals surface area (Å²) in [5, 5.41) is 6.97. The Bertz CT molecular complexity index is 946. The van der Waals surface area contributed by atoms with Gasteiger partial charge in [0, 0.05) is 13.1 Å². The van der Waals surface area contributed by atoms with Gasteiger partial charge in [0.1, 0.15) is 11.6 Å². The molecule has 2 heterocycles. The van der Waals surface area contributed by atoms with Crippen molar-refractivity contribution < 1.29 is 18.4 Å². The molecule has 8 heteroatoms. The summed E-state index contributed by atoms with van der Waals surface area (Å²) in [4.78, 5) is 18.7. The van der Waals surface area contributed by atoms with Crippen LogP contribution < -0.4 is 10.1 Å². The van der Waals surface area contributed by atoms with Crippen LogP contribution in [0.4, 0.5) is 9.18 Å². The molecule has 0 radical (unpaired) electrons. The first kappa shape index (κ1) is 18.9. The van der Waals surface area contributed by atoms with Gasteiger partial charge in [0.2, 0.25) is 0 Å². The number of likely N-dealkylation sites (tertiary alicyclic amines) is 1. The van der Waals surface area contributed by atoms with E-state index in [4.69, 9.17) is 9.26 Å². The van der Waals surface area contributed by atoms with Crippen molar-refractivity contribution in [1.82, 2.24) is 20.4 Å². The van der Waals surface area contributed by atoms with Crippen LogP contribution >= 0.6 is 0 Å². The molecule has 2 aromatic carbocycles. The standard InChI is InChI=1S/C21H21FN4O3/c22-16-8-10-17(11-9-16)28-14-19-24-20(25-29-19)18-7-4-12-26(18)21(27)23-13-15-5-2-1-3-6-15/h1-3,5-6,8-11,18H,4,7,12-14H2,(H,23,27). The maximum atomic E-state index is 12.9. The number of halogens is 1. The highest BCUT2D eigenvalue weighted by Gasteiger charge is 2.33. The molecule has 150 valence electrons. The third-order valence-corrected chi connectivity index (χ3v) is 4.76. The van der Waals surface area contributed by atoms with E-state index in [2.05, 4.69) is 15.5 Å². The molecule has 1 aliphatic heterocycles. The van der Waals surface area contributed by atoms with Crippen LogP contribution in [0.3, 0.4) is 0 Å². The van der Waals surface area contributed by atoms with Crippen LogP contribution in [0.15, 0.2) is 59.1 Å². The number of carbonyl (C=O) groups excluding carboxylic acids is 1. The number of carbonyl (C=O) groups is 1. The first-order valence-corrected chi connectivity index (χ1v) is 9.48. The summed E-state index contributed by atoms with van der Waals surface area (Å²) in [5.41, 5.74) is 1.04. The molecule has 1 atom stereocenters. The van der Waals surface area contributed by atoms with Crippen molar-refractivity contribution in [2.24, 2.45) is 0 Å². The Kier molecular flexibility index (Phi) is 5.69. The molecule has 0 spiro atoms. The zero-order valence-electron chi connectivity index (χ0n) is 15.8. The monoisotopic (exact) mass is 396 g/mol. The Morgan fingerprint density at radius 3 is 2.79 bits per heavy atom. The molecule has 3 aromatic rings. The normalized spacial score (nSPS) is 16.0. The molecule has 7 nitrogen and oxygen atoms in total. The lowest BCUT2D eigenvalue weighted by molar-refractivity contribution is 0.189. The number of hydrogen-bond acceptors (Lipinski definition) is 5. The summed E-state index contributed by atoms with van der Waals surface area (Å²) < 4.78 is 23.7. The third kappa shape index (κ3) is 4.71. The number of nitrogens with one attached hydrogen (secondary N) is 1. The van der Waals surface area contributed by atoms with E-state index in [1.54, 1.807) is 4.90 Å². The largest absolute Gasteiger partial charge is 0.484 e. The summed E-state index contributed by atoms with van der Waals surface area (Å²) in [6.45, 7) is 1.18. The van der Waals surface area contributed by atoms with Crippen molar-refractivity contribution in [3.63, 3.8) is 0 Å². The lowest BCUT2D eigenvalue weighted by atomic mass is 10.2. The maximum absolute atomic E-state index is 12.9. The highest BCUT2D eigenvalue weighted by atomic mass is 19.1. The Morgan fingerprint density at radius 1 is 1.21 bits per heavy atom. The summed E-state index contributed by atoms with van der Waals surface area (Å²) in [7, 11) is 0. The average molecular weight is 396 g/mol. The van der Waals surface area contributed by atoms with E-state index in [-0.39, 0.29) is 24.5 Å². The van der Waals surface area contributed by atoms with Crippen molar-refractivity contribution in [2.45, 2.75) is 32.0 Å². The van der Waals surface area contributed by atoms with Gasteiger partial charge in [-0.25, -0.2) is 9.18 Å². The number of aromatic nitrogens is 2. The van der Waals surface area contributed by atoms with Crippen LogP contribution in [0.1, 0.15) is 36.2 Å². The van der Waals surface area contributed by atoms with Crippen molar-refractivity contribution in [3.05, 3.63) is 77.7 Å². The van der Waals surface area contributed by atoms with Crippen LogP contribution in [0.25, 0.3) is 0 Å². The van der Waals surface area contributed by atoms with Crippen LogP contribution in [-0.4, -0.2) is 27.6 Å². The fraction of sp³-hybridized carbons (Fsp3) is 0.286. The van der Waals surface area contributed by atoms with Gasteiger partial charge in [-0.1, -0.05) is 35.5 Å². The minimum atomic E-state index is -0.329. The van der Waals surface area contributed by atoms with E-state index in [1.807, 2.05) is 30.3 Å². The molecular weight excluding hydrogens is 375 g/mol. The quantitative estimate of drug-likeness (QED) is 0.685. The minimum absolute atomic E-state index is 0.0750. The number of nitrogens with zero attached hydrogens (tertiary/aromatic N) is 3. The highest BCUT2D eigenvalue weighted by Crippen LogP contribution is 2.30. The smallest absolute Gasteiger partial charge is 0.318 e. The minimum Gasteiger partial charge on any atom is -0.484 e. The second-order valence-corrected chi connectivity index (χ2v) is 6.78. The van der Waals surface area contributed by atoms with Crippen molar-refractivity contribution in [2.75, 3.05) is 6.54 Å². The van der Waals surface area contributed by atoms with Gasteiger partial charge in [0.05, 0.1) is 6.04 Å². The summed E-state index contributed by atoms with van der Waals surface area (Å²) in [5.74, 6) is 0.953. The number of rotatable bonds is 6. The van der Waals surface area contributed by atoms with Gasteiger partial charge in [-0.2, -0.15) is 4.98 Å². The molecule has 0 bridgehead atoms. The maximum Gasteiger partial charge on any atom is 0.318 e. The Labute approximate surface area is 167 Å². The van der Waals surface area contributed by atoms with E-state index < -0.39 is 0 Å². The fourth-order valence-corrected chi connectivity index (χ4v) is 3.29. The van der Waals surface area contributed by atoms with Gasteiger partial charge in [0.25, 0.3) is 5.89 Å². The van der Waals surface area contributed by atoms with Crippen molar-refractivity contribution in [1.29, 1.82) is 0 Å². The molecule has 1 aromatic heterocycles. The molecule has 29 heavy (non-hydrogen) atoms. The van der Waals surface area contributed by atoms with Crippen LogP contribution in [0.2, 0.25) is 0 Å². The summed E-state index contributed by atoms with van der Waals surface area (Å²) >= 11 is 0. The van der Waals surface area contributed by atoms with E-state index in [0.717, 1.165) is 18.4 Å². The Morgan fingerprint density at radius 2 is 2.00 bits per heavy atom.